The van der Waals surface area contributed by atoms with Crippen molar-refractivity contribution < 1.29 is 0 Å². The van der Waals surface area contributed by atoms with Crippen molar-refractivity contribution in [1.29, 1.82) is 0 Å². The summed E-state index contributed by atoms with van der Waals surface area (Å²) in [6.45, 7) is 0. The third-order valence-electron chi connectivity index (χ3n) is 2.86. The molecule has 0 aliphatic carbocycles. The molecule has 2 heterocycles. The molecule has 1 aromatic carbocycles. The van der Waals surface area contributed by atoms with E-state index in [9.17, 15) is 0 Å². The molecule has 0 spiro atoms. The van der Waals surface area contributed by atoms with Crippen LogP contribution >= 0.6 is 23.2 Å². The second kappa shape index (κ2) is 5.15. The zero-order chi connectivity index (χ0) is 14.1. The van der Waals surface area contributed by atoms with Crippen LogP contribution in [0.2, 0.25) is 10.0 Å². The lowest BCUT2D eigenvalue weighted by Gasteiger charge is -2.02. The van der Waals surface area contributed by atoms with E-state index in [1.165, 1.54) is 0 Å². The first-order chi connectivity index (χ1) is 9.65. The quantitative estimate of drug-likeness (QED) is 0.783. The highest BCUT2D eigenvalue weighted by atomic mass is 35.5. The summed E-state index contributed by atoms with van der Waals surface area (Å²) in [4.78, 5) is 3.97. The summed E-state index contributed by atoms with van der Waals surface area (Å²) in [6.07, 6.45) is 5.14. The van der Waals surface area contributed by atoms with Crippen LogP contribution in [-0.2, 0) is 0 Å². The van der Waals surface area contributed by atoms with Crippen LogP contribution in [0.25, 0.3) is 16.9 Å². The summed E-state index contributed by atoms with van der Waals surface area (Å²) in [5.41, 5.74) is 8.83. The molecule has 0 amide bonds. The molecule has 3 aromatic rings. The van der Waals surface area contributed by atoms with Crippen LogP contribution in [0.15, 0.2) is 48.9 Å². The Bertz CT molecular complexity index is 753. The third kappa shape index (κ3) is 2.35. The van der Waals surface area contributed by atoms with Crippen LogP contribution in [0.3, 0.4) is 0 Å². The Morgan fingerprint density at radius 2 is 1.80 bits per heavy atom. The number of rotatable bonds is 2. The van der Waals surface area contributed by atoms with E-state index < -0.39 is 0 Å². The number of hydrogen-bond donors (Lipinski definition) is 1. The molecule has 3 rings (SSSR count). The molecule has 2 aromatic heterocycles. The van der Waals surface area contributed by atoms with E-state index in [-0.39, 0.29) is 0 Å². The van der Waals surface area contributed by atoms with E-state index in [0.717, 1.165) is 11.3 Å². The average molecular weight is 305 g/mol. The molecule has 100 valence electrons. The Hall–Kier alpha value is -2.04. The van der Waals surface area contributed by atoms with Crippen LogP contribution in [0.1, 0.15) is 0 Å². The van der Waals surface area contributed by atoms with Crippen LogP contribution in [0.4, 0.5) is 5.69 Å². The predicted molar refractivity (Wildman–Crippen MR) is 81.2 cm³/mol. The summed E-state index contributed by atoms with van der Waals surface area (Å²) < 4.78 is 1.69. The van der Waals surface area contributed by atoms with Gasteiger partial charge in [-0.25, -0.2) is 4.68 Å². The van der Waals surface area contributed by atoms with Gasteiger partial charge in [0.25, 0.3) is 0 Å². The van der Waals surface area contributed by atoms with E-state index in [4.69, 9.17) is 28.9 Å². The second-order valence-corrected chi connectivity index (χ2v) is 5.05. The van der Waals surface area contributed by atoms with Gasteiger partial charge in [-0.2, -0.15) is 5.10 Å². The van der Waals surface area contributed by atoms with Gasteiger partial charge in [0.15, 0.2) is 0 Å². The number of halogens is 2. The van der Waals surface area contributed by atoms with E-state index in [1.807, 2.05) is 12.1 Å². The van der Waals surface area contributed by atoms with Crippen LogP contribution in [0.5, 0.6) is 0 Å². The molecule has 2 N–H and O–H groups in total. The molecule has 0 saturated carbocycles. The van der Waals surface area contributed by atoms with Crippen molar-refractivity contribution in [3.8, 4) is 16.9 Å². The molecule has 4 nitrogen and oxygen atoms in total. The number of benzene rings is 1. The van der Waals surface area contributed by atoms with Gasteiger partial charge in [-0.15, -0.1) is 0 Å². The molecule has 0 fully saturated rings. The minimum absolute atomic E-state index is 0.518. The number of nitrogens with two attached hydrogens (primary N) is 1. The lowest BCUT2D eigenvalue weighted by Crippen LogP contribution is -1.94. The fourth-order valence-electron chi connectivity index (χ4n) is 1.91. The predicted octanol–water partition coefficient (Wildman–Crippen LogP) is 3.82. The van der Waals surface area contributed by atoms with Crippen molar-refractivity contribution in [3.05, 3.63) is 59.0 Å². The fourth-order valence-corrected chi connectivity index (χ4v) is 2.41. The smallest absolute Gasteiger partial charge is 0.117 e. The molecule has 0 unspecified atom stereocenters. The minimum atomic E-state index is 0.518. The molecule has 0 radical (unpaired) electrons. The minimum Gasteiger partial charge on any atom is -0.396 e. The number of nitrogens with zero attached hydrogens (tertiary/aromatic N) is 3. The Morgan fingerprint density at radius 3 is 2.50 bits per heavy atom. The van der Waals surface area contributed by atoms with Crippen molar-refractivity contribution in [3.63, 3.8) is 0 Å². The number of pyridine rings is 1. The first-order valence-corrected chi connectivity index (χ1v) is 6.62. The summed E-state index contributed by atoms with van der Waals surface area (Å²) in [7, 11) is 0. The topological polar surface area (TPSA) is 56.7 Å². The third-order valence-corrected chi connectivity index (χ3v) is 3.40. The number of nitrogen functional groups attached to an aromatic ring is 1. The van der Waals surface area contributed by atoms with Crippen LogP contribution in [0, 0.1) is 0 Å². The van der Waals surface area contributed by atoms with Gasteiger partial charge in [0, 0.05) is 23.0 Å². The van der Waals surface area contributed by atoms with Gasteiger partial charge in [0.1, 0.15) is 5.69 Å². The lowest BCUT2D eigenvalue weighted by molar-refractivity contribution is 0.881. The SMILES string of the molecule is Nc1cn(-c2ccncc2)nc1-c1ccc(Cl)cc1Cl. The number of hydrogen-bond acceptors (Lipinski definition) is 3. The summed E-state index contributed by atoms with van der Waals surface area (Å²) in [5.74, 6) is 0. The van der Waals surface area contributed by atoms with Gasteiger partial charge >= 0.3 is 0 Å². The standard InChI is InChI=1S/C14H10Cl2N4/c15-9-1-2-11(12(16)7-9)14-13(17)8-20(19-14)10-3-5-18-6-4-10/h1-8H,17H2. The molecule has 0 aliphatic heterocycles. The highest BCUT2D eigenvalue weighted by Gasteiger charge is 2.13. The second-order valence-electron chi connectivity index (χ2n) is 4.21. The van der Waals surface area contributed by atoms with Crippen molar-refractivity contribution >= 4 is 28.9 Å². The Balaban J connectivity index is 2.10. The normalized spacial score (nSPS) is 10.7. The molecule has 6 heteroatoms. The number of aromatic nitrogens is 3. The van der Waals surface area contributed by atoms with Gasteiger partial charge in [-0.05, 0) is 30.3 Å². The summed E-state index contributed by atoms with van der Waals surface area (Å²) in [5, 5.41) is 5.57. The van der Waals surface area contributed by atoms with Gasteiger partial charge in [0.05, 0.1) is 22.6 Å². The highest BCUT2D eigenvalue weighted by molar-refractivity contribution is 6.36. The lowest BCUT2D eigenvalue weighted by atomic mass is 10.1. The Labute approximate surface area is 125 Å². The molecule has 0 aliphatic rings. The average Bonchev–Trinajstić information content (AvgIpc) is 2.82. The maximum Gasteiger partial charge on any atom is 0.117 e. The zero-order valence-electron chi connectivity index (χ0n) is 10.3. The van der Waals surface area contributed by atoms with Crippen molar-refractivity contribution in [2.24, 2.45) is 0 Å². The molecule has 20 heavy (non-hydrogen) atoms. The van der Waals surface area contributed by atoms with Crippen molar-refractivity contribution in [2.45, 2.75) is 0 Å². The summed E-state index contributed by atoms with van der Waals surface area (Å²) in [6, 6.07) is 8.93. The van der Waals surface area contributed by atoms with E-state index in [0.29, 0.717) is 21.4 Å². The van der Waals surface area contributed by atoms with Gasteiger partial charge in [-0.1, -0.05) is 23.2 Å². The molecular formula is C14H10Cl2N4. The summed E-state index contributed by atoms with van der Waals surface area (Å²) >= 11 is 12.1. The maximum absolute atomic E-state index is 6.19. The van der Waals surface area contributed by atoms with Gasteiger partial charge in [0.2, 0.25) is 0 Å². The molecule has 0 bridgehead atoms. The maximum atomic E-state index is 6.19. The number of anilines is 1. The van der Waals surface area contributed by atoms with Crippen molar-refractivity contribution in [1.82, 2.24) is 14.8 Å². The zero-order valence-corrected chi connectivity index (χ0v) is 11.8. The van der Waals surface area contributed by atoms with Crippen LogP contribution < -0.4 is 5.73 Å². The highest BCUT2D eigenvalue weighted by Crippen LogP contribution is 2.33. The Morgan fingerprint density at radius 1 is 1.05 bits per heavy atom. The monoisotopic (exact) mass is 304 g/mol. The van der Waals surface area contributed by atoms with E-state index in [2.05, 4.69) is 10.1 Å². The molecular weight excluding hydrogens is 295 g/mol. The van der Waals surface area contributed by atoms with Crippen molar-refractivity contribution in [2.75, 3.05) is 5.73 Å². The van der Waals surface area contributed by atoms with Gasteiger partial charge < -0.3 is 5.73 Å². The van der Waals surface area contributed by atoms with E-state index in [1.54, 1.807) is 41.5 Å². The largest absolute Gasteiger partial charge is 0.396 e. The first kappa shape index (κ1) is 13.0. The Kier molecular flexibility index (Phi) is 3.34. The first-order valence-electron chi connectivity index (χ1n) is 5.86. The molecule has 0 atom stereocenters. The van der Waals surface area contributed by atoms with E-state index >= 15 is 0 Å². The fraction of sp³-hybridized carbons (Fsp3) is 0. The van der Waals surface area contributed by atoms with Crippen LogP contribution in [-0.4, -0.2) is 14.8 Å². The molecule has 0 saturated heterocycles. The van der Waals surface area contributed by atoms with Gasteiger partial charge in [-0.3, -0.25) is 4.98 Å².